The number of amides is 1. The molecule has 0 radical (unpaired) electrons. The summed E-state index contributed by atoms with van der Waals surface area (Å²) in [6.45, 7) is 7.50. The predicted octanol–water partition coefficient (Wildman–Crippen LogP) is 2.20. The molecule has 2 aliphatic heterocycles. The number of piperidine rings is 1. The van der Waals surface area contributed by atoms with Gasteiger partial charge in [-0.3, -0.25) is 15.1 Å². The number of hydrogen-bond acceptors (Lipinski definition) is 7. The average molecular weight is 418 g/mol. The van der Waals surface area contributed by atoms with Gasteiger partial charge in [-0.1, -0.05) is 12.1 Å². The predicted molar refractivity (Wildman–Crippen MR) is 117 cm³/mol. The van der Waals surface area contributed by atoms with E-state index in [1.165, 1.54) is 23.1 Å². The van der Waals surface area contributed by atoms with Crippen LogP contribution in [0.15, 0.2) is 24.3 Å². The number of nitrogens with zero attached hydrogens (tertiary/aromatic N) is 4. The first-order valence-corrected chi connectivity index (χ1v) is 11.4. The van der Waals surface area contributed by atoms with Gasteiger partial charge in [0.2, 0.25) is 0 Å². The number of methoxy groups -OCH3 is 1. The lowest BCUT2D eigenvalue weighted by atomic mass is 9.94. The van der Waals surface area contributed by atoms with E-state index in [1.807, 2.05) is 5.01 Å². The molecular weight excluding hydrogens is 386 g/mol. The molecule has 1 amide bonds. The van der Waals surface area contributed by atoms with Gasteiger partial charge in [-0.15, -0.1) is 0 Å². The lowest BCUT2D eigenvalue weighted by Gasteiger charge is -2.37. The molecule has 0 atom stereocenters. The number of nitrogens with one attached hydrogen (secondary N) is 1. The molecule has 3 heterocycles. The zero-order chi connectivity index (χ0) is 20.1. The zero-order valence-corrected chi connectivity index (χ0v) is 18.0. The number of hydrogen-bond donors (Lipinski definition) is 1. The van der Waals surface area contributed by atoms with Crippen molar-refractivity contribution in [3.8, 4) is 0 Å². The SMILES string of the molecule is COCC(=O)NN1CCC(CCN2CCN(c3nsc4ccccc34)CC2)CC1. The van der Waals surface area contributed by atoms with Gasteiger partial charge in [0.25, 0.3) is 5.91 Å². The van der Waals surface area contributed by atoms with Crippen molar-refractivity contribution in [3.63, 3.8) is 0 Å². The first-order valence-electron chi connectivity index (χ1n) is 10.6. The zero-order valence-electron chi connectivity index (χ0n) is 17.2. The van der Waals surface area contributed by atoms with E-state index in [-0.39, 0.29) is 12.5 Å². The van der Waals surface area contributed by atoms with Gasteiger partial charge in [0.15, 0.2) is 0 Å². The van der Waals surface area contributed by atoms with Gasteiger partial charge in [0, 0.05) is 51.8 Å². The van der Waals surface area contributed by atoms with Crippen molar-refractivity contribution in [3.05, 3.63) is 24.3 Å². The van der Waals surface area contributed by atoms with E-state index >= 15 is 0 Å². The molecule has 2 aromatic rings. The van der Waals surface area contributed by atoms with Gasteiger partial charge in [-0.05, 0) is 55.4 Å². The fourth-order valence-electron chi connectivity index (χ4n) is 4.32. The van der Waals surface area contributed by atoms with Crippen LogP contribution in [0, 0.1) is 5.92 Å². The Balaban J connectivity index is 1.17. The van der Waals surface area contributed by atoms with Crippen molar-refractivity contribution >= 4 is 33.3 Å². The Labute approximate surface area is 176 Å². The quantitative estimate of drug-likeness (QED) is 0.745. The Morgan fingerprint density at radius 2 is 1.93 bits per heavy atom. The highest BCUT2D eigenvalue weighted by atomic mass is 32.1. The van der Waals surface area contributed by atoms with Crippen molar-refractivity contribution in [2.24, 2.45) is 5.92 Å². The van der Waals surface area contributed by atoms with Gasteiger partial charge in [-0.2, -0.15) is 4.37 Å². The Morgan fingerprint density at radius 1 is 1.17 bits per heavy atom. The molecule has 158 valence electrons. The number of hydrazine groups is 1. The van der Waals surface area contributed by atoms with Crippen LogP contribution >= 0.6 is 11.5 Å². The van der Waals surface area contributed by atoms with E-state index in [9.17, 15) is 4.79 Å². The number of rotatable bonds is 7. The Morgan fingerprint density at radius 3 is 2.69 bits per heavy atom. The lowest BCUT2D eigenvalue weighted by Crippen LogP contribution is -2.49. The minimum atomic E-state index is -0.0586. The van der Waals surface area contributed by atoms with Gasteiger partial charge in [-0.25, -0.2) is 5.01 Å². The Bertz CT molecular complexity index is 797. The number of carbonyl (C=O) groups excluding carboxylic acids is 1. The number of benzene rings is 1. The van der Waals surface area contributed by atoms with Gasteiger partial charge >= 0.3 is 0 Å². The summed E-state index contributed by atoms with van der Waals surface area (Å²) in [4.78, 5) is 16.7. The molecule has 7 nitrogen and oxygen atoms in total. The molecular formula is C21H31N5O2S. The van der Waals surface area contributed by atoms with E-state index in [1.54, 1.807) is 18.6 Å². The van der Waals surface area contributed by atoms with Crippen LogP contribution < -0.4 is 10.3 Å². The topological polar surface area (TPSA) is 60.9 Å². The summed E-state index contributed by atoms with van der Waals surface area (Å²) in [7, 11) is 1.55. The summed E-state index contributed by atoms with van der Waals surface area (Å²) in [5.41, 5.74) is 2.93. The maximum Gasteiger partial charge on any atom is 0.260 e. The summed E-state index contributed by atoms with van der Waals surface area (Å²) < 4.78 is 10.9. The fourth-order valence-corrected chi connectivity index (χ4v) is 5.12. The lowest BCUT2D eigenvalue weighted by molar-refractivity contribution is -0.130. The molecule has 1 aromatic carbocycles. The smallest absolute Gasteiger partial charge is 0.260 e. The monoisotopic (exact) mass is 417 g/mol. The molecule has 29 heavy (non-hydrogen) atoms. The van der Waals surface area contributed by atoms with Gasteiger partial charge < -0.3 is 9.64 Å². The van der Waals surface area contributed by atoms with Crippen LogP contribution in [0.4, 0.5) is 5.82 Å². The fraction of sp³-hybridized carbons (Fsp3) is 0.619. The third-order valence-electron chi connectivity index (χ3n) is 6.06. The van der Waals surface area contributed by atoms with Gasteiger partial charge in [0.1, 0.15) is 12.4 Å². The van der Waals surface area contributed by atoms with E-state index in [0.29, 0.717) is 0 Å². The number of carbonyl (C=O) groups is 1. The highest BCUT2D eigenvalue weighted by Gasteiger charge is 2.23. The van der Waals surface area contributed by atoms with Crippen LogP contribution in [-0.2, 0) is 9.53 Å². The molecule has 2 aliphatic rings. The normalized spacial score (nSPS) is 19.7. The van der Waals surface area contributed by atoms with E-state index in [0.717, 1.165) is 63.8 Å². The second kappa shape index (κ2) is 9.84. The van der Waals surface area contributed by atoms with Crippen molar-refractivity contribution in [1.82, 2.24) is 19.7 Å². The van der Waals surface area contributed by atoms with Crippen LogP contribution in [0.2, 0.25) is 0 Å². The van der Waals surface area contributed by atoms with Crippen molar-refractivity contribution in [2.75, 3.05) is 64.4 Å². The van der Waals surface area contributed by atoms with Gasteiger partial charge in [0.05, 0.1) is 4.70 Å². The summed E-state index contributed by atoms with van der Waals surface area (Å²) >= 11 is 1.60. The molecule has 0 spiro atoms. The van der Waals surface area contributed by atoms with E-state index in [4.69, 9.17) is 9.11 Å². The summed E-state index contributed by atoms with van der Waals surface area (Å²) in [5.74, 6) is 1.86. The summed E-state index contributed by atoms with van der Waals surface area (Å²) in [5, 5.41) is 3.32. The number of anilines is 1. The molecule has 1 N–H and O–H groups in total. The minimum Gasteiger partial charge on any atom is -0.375 e. The highest BCUT2D eigenvalue weighted by molar-refractivity contribution is 7.13. The summed E-state index contributed by atoms with van der Waals surface area (Å²) in [6.07, 6.45) is 3.55. The first-order chi connectivity index (χ1) is 14.2. The van der Waals surface area contributed by atoms with Crippen molar-refractivity contribution < 1.29 is 9.53 Å². The van der Waals surface area contributed by atoms with Crippen molar-refractivity contribution in [1.29, 1.82) is 0 Å². The second-order valence-electron chi connectivity index (χ2n) is 8.02. The highest BCUT2D eigenvalue weighted by Crippen LogP contribution is 2.30. The van der Waals surface area contributed by atoms with Crippen LogP contribution in [0.3, 0.4) is 0 Å². The third-order valence-corrected chi connectivity index (χ3v) is 6.87. The number of aromatic nitrogens is 1. The second-order valence-corrected chi connectivity index (χ2v) is 8.82. The van der Waals surface area contributed by atoms with Crippen LogP contribution in [-0.4, -0.2) is 79.7 Å². The first kappa shape index (κ1) is 20.5. The van der Waals surface area contributed by atoms with E-state index < -0.39 is 0 Å². The standard InChI is InChI=1S/C21H31N5O2S/c1-28-16-20(27)22-26-10-7-17(8-11-26)6-9-24-12-14-25(15-13-24)21-18-4-2-3-5-19(18)29-23-21/h2-5,17H,6-16H2,1H3,(H,22,27). The molecule has 8 heteroatoms. The molecule has 0 unspecified atom stereocenters. The third kappa shape index (κ3) is 5.25. The van der Waals surface area contributed by atoms with Crippen molar-refractivity contribution in [2.45, 2.75) is 19.3 Å². The Hall–Kier alpha value is -1.74. The molecule has 4 rings (SSSR count). The molecule has 0 aliphatic carbocycles. The van der Waals surface area contributed by atoms with Crippen LogP contribution in [0.1, 0.15) is 19.3 Å². The molecule has 2 fully saturated rings. The minimum absolute atomic E-state index is 0.0586. The van der Waals surface area contributed by atoms with E-state index in [2.05, 4.69) is 39.5 Å². The average Bonchev–Trinajstić information content (AvgIpc) is 3.18. The largest absolute Gasteiger partial charge is 0.375 e. The van der Waals surface area contributed by atoms with Crippen LogP contribution in [0.5, 0.6) is 0 Å². The maximum absolute atomic E-state index is 11.6. The number of ether oxygens (including phenoxy) is 1. The van der Waals surface area contributed by atoms with Crippen LogP contribution in [0.25, 0.3) is 10.1 Å². The molecule has 0 bridgehead atoms. The maximum atomic E-state index is 11.6. The molecule has 1 aromatic heterocycles. The number of fused-ring (bicyclic) bond motifs is 1. The molecule has 0 saturated carbocycles. The molecule has 2 saturated heterocycles. The Kier molecular flexibility index (Phi) is 6.97. The summed E-state index contributed by atoms with van der Waals surface area (Å²) in [6, 6.07) is 8.52. The number of piperazine rings is 1.